The summed E-state index contributed by atoms with van der Waals surface area (Å²) in [5.41, 5.74) is 7.20. The third-order valence-corrected chi connectivity index (χ3v) is 4.55. The molecule has 3 heteroatoms. The van der Waals surface area contributed by atoms with Gasteiger partial charge in [0, 0.05) is 30.9 Å². The molecule has 3 aliphatic rings. The summed E-state index contributed by atoms with van der Waals surface area (Å²) in [6.45, 7) is 4.54. The molecule has 92 valence electrons. The molecule has 3 fully saturated rings. The first-order chi connectivity index (χ1) is 8.38. The van der Waals surface area contributed by atoms with E-state index in [1.807, 2.05) is 12.3 Å². The highest BCUT2D eigenvalue weighted by atomic mass is 15.1. The lowest BCUT2D eigenvalue weighted by molar-refractivity contribution is 0.0372. The number of nitrogens with two attached hydrogens (primary N) is 1. The summed E-state index contributed by atoms with van der Waals surface area (Å²) in [4.78, 5) is 7.10. The van der Waals surface area contributed by atoms with Gasteiger partial charge in [-0.05, 0) is 49.9 Å². The van der Waals surface area contributed by atoms with Crippen LogP contribution in [0.5, 0.6) is 0 Å². The number of piperidine rings is 3. The molecular formula is C14H21N3. The lowest BCUT2D eigenvalue weighted by Crippen LogP contribution is -2.50. The number of aromatic nitrogens is 1. The molecule has 0 saturated carbocycles. The van der Waals surface area contributed by atoms with E-state index in [9.17, 15) is 0 Å². The van der Waals surface area contributed by atoms with E-state index in [1.165, 1.54) is 38.2 Å². The van der Waals surface area contributed by atoms with Crippen molar-refractivity contribution in [3.05, 3.63) is 30.1 Å². The van der Waals surface area contributed by atoms with Crippen molar-refractivity contribution in [3.8, 4) is 0 Å². The predicted molar refractivity (Wildman–Crippen MR) is 68.7 cm³/mol. The molecule has 0 amide bonds. The minimum Gasteiger partial charge on any atom is -0.330 e. The van der Waals surface area contributed by atoms with Gasteiger partial charge in [-0.2, -0.15) is 0 Å². The van der Waals surface area contributed by atoms with Crippen LogP contribution in [0.2, 0.25) is 0 Å². The Morgan fingerprint density at radius 2 is 2.18 bits per heavy atom. The number of pyridine rings is 1. The number of hydrogen-bond acceptors (Lipinski definition) is 3. The van der Waals surface area contributed by atoms with E-state index >= 15 is 0 Å². The van der Waals surface area contributed by atoms with E-state index in [2.05, 4.69) is 22.0 Å². The Bertz CT molecular complexity index is 357. The van der Waals surface area contributed by atoms with Crippen LogP contribution in [0.3, 0.4) is 0 Å². The molecule has 0 aromatic carbocycles. The summed E-state index contributed by atoms with van der Waals surface area (Å²) in [5.74, 6) is 2.04. The van der Waals surface area contributed by atoms with E-state index in [4.69, 9.17) is 5.73 Å². The van der Waals surface area contributed by atoms with Crippen LogP contribution in [0.25, 0.3) is 0 Å². The largest absolute Gasteiger partial charge is 0.330 e. The third-order valence-electron chi connectivity index (χ3n) is 4.55. The molecule has 3 nitrogen and oxygen atoms in total. The van der Waals surface area contributed by atoms with Crippen molar-refractivity contribution in [3.63, 3.8) is 0 Å². The van der Waals surface area contributed by atoms with Crippen LogP contribution in [-0.4, -0.2) is 36.1 Å². The van der Waals surface area contributed by atoms with E-state index in [-0.39, 0.29) is 0 Å². The summed E-state index contributed by atoms with van der Waals surface area (Å²) in [6.07, 6.45) is 4.60. The lowest BCUT2D eigenvalue weighted by atomic mass is 9.71. The van der Waals surface area contributed by atoms with Crippen LogP contribution in [0, 0.1) is 11.8 Å². The second kappa shape index (κ2) is 4.75. The van der Waals surface area contributed by atoms with Crippen molar-refractivity contribution in [2.24, 2.45) is 17.6 Å². The van der Waals surface area contributed by atoms with Gasteiger partial charge in [-0.3, -0.25) is 4.98 Å². The van der Waals surface area contributed by atoms with E-state index in [0.29, 0.717) is 5.92 Å². The van der Waals surface area contributed by atoms with Gasteiger partial charge in [0.25, 0.3) is 0 Å². The number of hydrogen-bond donors (Lipinski definition) is 1. The molecule has 2 bridgehead atoms. The minimum absolute atomic E-state index is 0.448. The smallest absolute Gasteiger partial charge is 0.0450 e. The van der Waals surface area contributed by atoms with Crippen molar-refractivity contribution >= 4 is 0 Å². The predicted octanol–water partition coefficient (Wildman–Crippen LogP) is 1.47. The Balaban J connectivity index is 1.82. The second-order valence-electron chi connectivity index (χ2n) is 5.40. The molecular weight excluding hydrogens is 210 g/mol. The van der Waals surface area contributed by atoms with Crippen LogP contribution < -0.4 is 5.73 Å². The van der Waals surface area contributed by atoms with Gasteiger partial charge in [-0.15, -0.1) is 0 Å². The Morgan fingerprint density at radius 1 is 1.35 bits per heavy atom. The molecule has 1 aromatic rings. The Hall–Kier alpha value is -0.930. The zero-order valence-electron chi connectivity index (χ0n) is 10.3. The molecule has 3 saturated heterocycles. The van der Waals surface area contributed by atoms with Crippen LogP contribution in [0.4, 0.5) is 0 Å². The molecule has 17 heavy (non-hydrogen) atoms. The SMILES string of the molecule is NCC(c1ccccn1)C1CN2CCC1CC2. The topological polar surface area (TPSA) is 42.1 Å². The zero-order chi connectivity index (χ0) is 11.7. The lowest BCUT2D eigenvalue weighted by Gasteiger charge is -2.47. The van der Waals surface area contributed by atoms with Gasteiger partial charge in [0.15, 0.2) is 0 Å². The molecule has 0 aliphatic carbocycles. The minimum atomic E-state index is 0.448. The number of rotatable bonds is 3. The summed E-state index contributed by atoms with van der Waals surface area (Å²) >= 11 is 0. The monoisotopic (exact) mass is 231 g/mol. The third kappa shape index (κ3) is 2.09. The fourth-order valence-electron chi connectivity index (χ4n) is 3.58. The molecule has 4 rings (SSSR count). The molecule has 1 aromatic heterocycles. The summed E-state index contributed by atoms with van der Waals surface area (Å²) in [7, 11) is 0. The van der Waals surface area contributed by atoms with Crippen LogP contribution in [-0.2, 0) is 0 Å². The number of nitrogens with zero attached hydrogens (tertiary/aromatic N) is 2. The molecule has 4 heterocycles. The van der Waals surface area contributed by atoms with Gasteiger partial charge in [0.1, 0.15) is 0 Å². The summed E-state index contributed by atoms with van der Waals surface area (Å²) < 4.78 is 0. The average molecular weight is 231 g/mol. The highest BCUT2D eigenvalue weighted by Crippen LogP contribution is 2.39. The van der Waals surface area contributed by atoms with Crippen molar-refractivity contribution < 1.29 is 0 Å². The first-order valence-electron chi connectivity index (χ1n) is 6.72. The summed E-state index contributed by atoms with van der Waals surface area (Å²) in [6, 6.07) is 6.19. The Kier molecular flexibility index (Phi) is 3.12. The maximum atomic E-state index is 6.01. The molecule has 0 radical (unpaired) electrons. The standard InChI is InChI=1S/C14H21N3/c15-9-12(14-3-1-2-6-16-14)13-10-17-7-4-11(13)5-8-17/h1-3,6,11-13H,4-5,7-10,15H2. The van der Waals surface area contributed by atoms with Gasteiger partial charge < -0.3 is 10.6 Å². The highest BCUT2D eigenvalue weighted by molar-refractivity contribution is 5.13. The van der Waals surface area contributed by atoms with Crippen LogP contribution >= 0.6 is 0 Å². The normalized spacial score (nSPS) is 33.6. The highest BCUT2D eigenvalue weighted by Gasteiger charge is 2.38. The fourth-order valence-corrected chi connectivity index (χ4v) is 3.58. The maximum absolute atomic E-state index is 6.01. The van der Waals surface area contributed by atoms with Crippen LogP contribution in [0.1, 0.15) is 24.5 Å². The second-order valence-corrected chi connectivity index (χ2v) is 5.40. The van der Waals surface area contributed by atoms with E-state index in [1.54, 1.807) is 0 Å². The molecule has 3 aliphatic heterocycles. The molecule has 0 spiro atoms. The Morgan fingerprint density at radius 3 is 2.71 bits per heavy atom. The first-order valence-corrected chi connectivity index (χ1v) is 6.72. The molecule has 2 atom stereocenters. The number of fused-ring (bicyclic) bond motifs is 3. The van der Waals surface area contributed by atoms with E-state index < -0.39 is 0 Å². The van der Waals surface area contributed by atoms with Crippen molar-refractivity contribution in [1.82, 2.24) is 9.88 Å². The van der Waals surface area contributed by atoms with Gasteiger partial charge in [0.05, 0.1) is 0 Å². The van der Waals surface area contributed by atoms with Crippen molar-refractivity contribution in [2.45, 2.75) is 18.8 Å². The van der Waals surface area contributed by atoms with Crippen molar-refractivity contribution in [1.29, 1.82) is 0 Å². The quantitative estimate of drug-likeness (QED) is 0.856. The average Bonchev–Trinajstić information content (AvgIpc) is 2.42. The van der Waals surface area contributed by atoms with Gasteiger partial charge in [-0.25, -0.2) is 0 Å². The van der Waals surface area contributed by atoms with Gasteiger partial charge in [0.2, 0.25) is 0 Å². The Labute approximate surface area is 103 Å². The fraction of sp³-hybridized carbons (Fsp3) is 0.643. The van der Waals surface area contributed by atoms with Crippen molar-refractivity contribution in [2.75, 3.05) is 26.2 Å². The van der Waals surface area contributed by atoms with Gasteiger partial charge in [-0.1, -0.05) is 6.07 Å². The maximum Gasteiger partial charge on any atom is 0.0450 e. The zero-order valence-corrected chi connectivity index (χ0v) is 10.3. The molecule has 2 unspecified atom stereocenters. The van der Waals surface area contributed by atoms with E-state index in [0.717, 1.165) is 18.4 Å². The molecule has 2 N–H and O–H groups in total. The van der Waals surface area contributed by atoms with Gasteiger partial charge >= 0.3 is 0 Å². The summed E-state index contributed by atoms with van der Waals surface area (Å²) in [5, 5.41) is 0. The van der Waals surface area contributed by atoms with Crippen LogP contribution in [0.15, 0.2) is 24.4 Å². The first kappa shape index (κ1) is 11.2.